The quantitative estimate of drug-likeness (QED) is 0.507. The average molecular weight is 305 g/mol. The van der Waals surface area contributed by atoms with Crippen LogP contribution >= 0.6 is 11.6 Å². The van der Waals surface area contributed by atoms with Crippen molar-refractivity contribution in [3.05, 3.63) is 47.1 Å². The van der Waals surface area contributed by atoms with E-state index >= 15 is 0 Å². The lowest BCUT2D eigenvalue weighted by molar-refractivity contribution is 0.849. The molecule has 1 aromatic heterocycles. The highest BCUT2D eigenvalue weighted by molar-refractivity contribution is 6.31. The molecule has 2 aromatic rings. The minimum absolute atomic E-state index is 0.460. The van der Waals surface area contributed by atoms with Crippen LogP contribution in [0.2, 0.25) is 5.02 Å². The van der Waals surface area contributed by atoms with Crippen LogP contribution < -0.4 is 11.1 Å². The summed E-state index contributed by atoms with van der Waals surface area (Å²) in [5.74, 6) is 0.460. The van der Waals surface area contributed by atoms with E-state index in [1.165, 1.54) is 10.9 Å². The number of halogens is 1. The van der Waals surface area contributed by atoms with Gasteiger partial charge in [-0.25, -0.2) is 4.99 Å². The Labute approximate surface area is 130 Å². The fourth-order valence-electron chi connectivity index (χ4n) is 2.24. The highest BCUT2D eigenvalue weighted by Crippen LogP contribution is 2.24. The summed E-state index contributed by atoms with van der Waals surface area (Å²) in [5.41, 5.74) is 9.20. The van der Waals surface area contributed by atoms with Gasteiger partial charge in [-0.05, 0) is 31.0 Å². The van der Waals surface area contributed by atoms with Crippen LogP contribution in [-0.4, -0.2) is 23.6 Å². The Morgan fingerprint density at radius 2 is 2.24 bits per heavy atom. The lowest BCUT2D eigenvalue weighted by Gasteiger charge is -2.05. The standard InChI is InChI=1S/C16H21ClN4/c1-11(2)9-20-16(18)19-7-6-12-10-21(3)15-8-13(17)4-5-14(12)15/h4-5,8,10H,1,6-7,9H2,2-3H3,(H3,18,19,20). The third-order valence-electron chi connectivity index (χ3n) is 3.25. The number of aliphatic imine (C=N–C) groups is 1. The van der Waals surface area contributed by atoms with E-state index < -0.39 is 0 Å². The SMILES string of the molecule is C=C(C)CN=C(N)NCCc1cn(C)c2cc(Cl)ccc12. The number of nitrogens with one attached hydrogen (secondary N) is 1. The van der Waals surface area contributed by atoms with Crippen LogP contribution in [0.5, 0.6) is 0 Å². The number of guanidine groups is 1. The molecule has 0 aliphatic heterocycles. The van der Waals surface area contributed by atoms with Crippen molar-refractivity contribution in [2.45, 2.75) is 13.3 Å². The first-order chi connectivity index (χ1) is 9.97. The molecule has 0 saturated heterocycles. The van der Waals surface area contributed by atoms with E-state index in [2.05, 4.69) is 33.7 Å². The van der Waals surface area contributed by atoms with Gasteiger partial charge >= 0.3 is 0 Å². The Morgan fingerprint density at radius 3 is 2.95 bits per heavy atom. The van der Waals surface area contributed by atoms with Gasteiger partial charge in [-0.2, -0.15) is 0 Å². The number of hydrogen-bond donors (Lipinski definition) is 2. The van der Waals surface area contributed by atoms with E-state index in [0.717, 1.165) is 29.1 Å². The van der Waals surface area contributed by atoms with Crippen LogP contribution in [0, 0.1) is 0 Å². The second kappa shape index (κ2) is 6.68. The van der Waals surface area contributed by atoms with Gasteiger partial charge in [-0.3, -0.25) is 0 Å². The van der Waals surface area contributed by atoms with Gasteiger partial charge in [0.05, 0.1) is 6.54 Å². The van der Waals surface area contributed by atoms with Crippen LogP contribution in [0.4, 0.5) is 0 Å². The third-order valence-corrected chi connectivity index (χ3v) is 3.49. The van der Waals surface area contributed by atoms with E-state index in [4.69, 9.17) is 17.3 Å². The van der Waals surface area contributed by atoms with Crippen LogP contribution in [0.25, 0.3) is 10.9 Å². The number of nitrogens with two attached hydrogens (primary N) is 1. The van der Waals surface area contributed by atoms with Gasteiger partial charge in [0, 0.05) is 35.7 Å². The van der Waals surface area contributed by atoms with Gasteiger partial charge in [0.25, 0.3) is 0 Å². The van der Waals surface area contributed by atoms with Crippen molar-refractivity contribution < 1.29 is 0 Å². The van der Waals surface area contributed by atoms with Gasteiger partial charge in [0.15, 0.2) is 5.96 Å². The molecule has 2 rings (SSSR count). The smallest absolute Gasteiger partial charge is 0.188 e. The molecular weight excluding hydrogens is 284 g/mol. The lowest BCUT2D eigenvalue weighted by Crippen LogP contribution is -2.33. The Balaban J connectivity index is 2.01. The predicted octanol–water partition coefficient (Wildman–Crippen LogP) is 2.85. The summed E-state index contributed by atoms with van der Waals surface area (Å²) >= 11 is 6.04. The molecule has 0 aliphatic carbocycles. The molecule has 0 radical (unpaired) electrons. The molecular formula is C16H21ClN4. The summed E-state index contributed by atoms with van der Waals surface area (Å²) in [5, 5.41) is 5.10. The van der Waals surface area contributed by atoms with Crippen molar-refractivity contribution in [1.29, 1.82) is 0 Å². The molecule has 0 fully saturated rings. The van der Waals surface area contributed by atoms with E-state index in [0.29, 0.717) is 12.5 Å². The van der Waals surface area contributed by atoms with Gasteiger partial charge in [-0.1, -0.05) is 29.8 Å². The fourth-order valence-corrected chi connectivity index (χ4v) is 2.41. The van der Waals surface area contributed by atoms with Crippen molar-refractivity contribution >= 4 is 28.5 Å². The summed E-state index contributed by atoms with van der Waals surface area (Å²) in [7, 11) is 2.03. The van der Waals surface area contributed by atoms with Crippen molar-refractivity contribution in [3.8, 4) is 0 Å². The number of fused-ring (bicyclic) bond motifs is 1. The lowest BCUT2D eigenvalue weighted by atomic mass is 10.1. The van der Waals surface area contributed by atoms with E-state index in [-0.39, 0.29) is 0 Å². The Bertz CT molecular complexity index is 685. The van der Waals surface area contributed by atoms with Crippen LogP contribution in [0.3, 0.4) is 0 Å². The highest BCUT2D eigenvalue weighted by atomic mass is 35.5. The summed E-state index contributed by atoms with van der Waals surface area (Å²) in [4.78, 5) is 4.20. The first-order valence-corrected chi connectivity index (χ1v) is 7.27. The zero-order valence-electron chi connectivity index (χ0n) is 12.5. The Kier molecular flexibility index (Phi) is 4.91. The molecule has 0 saturated carbocycles. The van der Waals surface area contributed by atoms with Crippen molar-refractivity contribution in [2.24, 2.45) is 17.8 Å². The van der Waals surface area contributed by atoms with Crippen LogP contribution in [-0.2, 0) is 13.5 Å². The minimum Gasteiger partial charge on any atom is -0.370 e. The van der Waals surface area contributed by atoms with Gasteiger partial charge in [0.1, 0.15) is 0 Å². The first kappa shape index (κ1) is 15.4. The molecule has 112 valence electrons. The zero-order chi connectivity index (χ0) is 15.4. The van der Waals surface area contributed by atoms with Gasteiger partial charge < -0.3 is 15.6 Å². The zero-order valence-corrected chi connectivity index (χ0v) is 13.2. The number of nitrogens with zero attached hydrogens (tertiary/aromatic N) is 2. The molecule has 0 aliphatic rings. The number of aryl methyl sites for hydroxylation is 1. The molecule has 5 heteroatoms. The number of rotatable bonds is 5. The normalized spacial score (nSPS) is 11.9. The largest absolute Gasteiger partial charge is 0.370 e. The van der Waals surface area contributed by atoms with E-state index in [9.17, 15) is 0 Å². The summed E-state index contributed by atoms with van der Waals surface area (Å²) in [6.07, 6.45) is 3.01. The molecule has 3 N–H and O–H groups in total. The van der Waals surface area contributed by atoms with Crippen LogP contribution in [0.15, 0.2) is 41.5 Å². The van der Waals surface area contributed by atoms with E-state index in [1.807, 2.05) is 26.1 Å². The van der Waals surface area contributed by atoms with Gasteiger partial charge in [0.2, 0.25) is 0 Å². The molecule has 21 heavy (non-hydrogen) atoms. The maximum atomic E-state index is 6.04. The molecule has 0 spiro atoms. The number of benzene rings is 1. The van der Waals surface area contributed by atoms with Crippen molar-refractivity contribution in [3.63, 3.8) is 0 Å². The molecule has 4 nitrogen and oxygen atoms in total. The van der Waals surface area contributed by atoms with E-state index in [1.54, 1.807) is 0 Å². The maximum Gasteiger partial charge on any atom is 0.188 e. The fraction of sp³-hybridized carbons (Fsp3) is 0.312. The van der Waals surface area contributed by atoms with Gasteiger partial charge in [-0.15, -0.1) is 0 Å². The van der Waals surface area contributed by atoms with Crippen molar-refractivity contribution in [2.75, 3.05) is 13.1 Å². The Morgan fingerprint density at radius 1 is 1.48 bits per heavy atom. The topological polar surface area (TPSA) is 55.3 Å². The Hall–Kier alpha value is -1.94. The number of hydrogen-bond acceptors (Lipinski definition) is 1. The highest BCUT2D eigenvalue weighted by Gasteiger charge is 2.06. The maximum absolute atomic E-state index is 6.04. The first-order valence-electron chi connectivity index (χ1n) is 6.89. The molecule has 0 amide bonds. The predicted molar refractivity (Wildman–Crippen MR) is 90.9 cm³/mol. The molecule has 0 unspecified atom stereocenters. The summed E-state index contributed by atoms with van der Waals surface area (Å²) in [6, 6.07) is 5.96. The third kappa shape index (κ3) is 4.02. The minimum atomic E-state index is 0.460. The monoisotopic (exact) mass is 304 g/mol. The molecule has 0 bridgehead atoms. The molecule has 0 atom stereocenters. The van der Waals surface area contributed by atoms with Crippen LogP contribution in [0.1, 0.15) is 12.5 Å². The van der Waals surface area contributed by atoms with Crippen molar-refractivity contribution in [1.82, 2.24) is 9.88 Å². The average Bonchev–Trinajstić information content (AvgIpc) is 2.73. The molecule has 1 aromatic carbocycles. The molecule has 1 heterocycles. The second-order valence-corrected chi connectivity index (χ2v) is 5.70. The number of aromatic nitrogens is 1. The summed E-state index contributed by atoms with van der Waals surface area (Å²) in [6.45, 7) is 7.03. The second-order valence-electron chi connectivity index (χ2n) is 5.26. The summed E-state index contributed by atoms with van der Waals surface area (Å²) < 4.78 is 2.09.